The predicted molar refractivity (Wildman–Crippen MR) is 56.0 cm³/mol. The molecule has 0 unspecified atom stereocenters. The van der Waals surface area contributed by atoms with Crippen LogP contribution in [0.4, 0.5) is 0 Å². The number of unbranched alkanes of at least 4 members (excludes halogenated alkanes) is 3. The van der Waals surface area contributed by atoms with Crippen LogP contribution in [-0.2, 0) is 6.42 Å². The van der Waals surface area contributed by atoms with Gasteiger partial charge in [-0.3, -0.25) is 11.3 Å². The molecule has 0 spiro atoms. The van der Waals surface area contributed by atoms with Gasteiger partial charge in [-0.05, 0) is 0 Å². The molecular weight excluding hydrogens is 195 g/mol. The summed E-state index contributed by atoms with van der Waals surface area (Å²) in [5, 5.41) is 3.05. The van der Waals surface area contributed by atoms with Gasteiger partial charge in [0.2, 0.25) is 0 Å². The van der Waals surface area contributed by atoms with Crippen LogP contribution in [0.2, 0.25) is 4.34 Å². The van der Waals surface area contributed by atoms with E-state index < -0.39 is 0 Å². The number of thiophene rings is 1. The number of rotatable bonds is 5. The van der Waals surface area contributed by atoms with E-state index in [0.29, 0.717) is 0 Å². The first-order chi connectivity index (χ1) is 5.84. The molecule has 0 nitrogen and oxygen atoms in total. The maximum Gasteiger partial charge on any atom is 1.00 e. The molecule has 1 aromatic heterocycles. The normalized spacial score (nSPS) is 9.69. The fourth-order valence-corrected chi connectivity index (χ4v) is 2.07. The minimum absolute atomic E-state index is 0. The van der Waals surface area contributed by atoms with Crippen LogP contribution in [0.15, 0.2) is 6.07 Å². The summed E-state index contributed by atoms with van der Waals surface area (Å²) in [5.41, 5.74) is 1.28. The van der Waals surface area contributed by atoms with Crippen LogP contribution < -0.4 is 18.9 Å². The van der Waals surface area contributed by atoms with Gasteiger partial charge in [0.1, 0.15) is 0 Å². The molecule has 3 heteroatoms. The van der Waals surface area contributed by atoms with Crippen LogP contribution in [0.3, 0.4) is 0 Å². The number of hydrogen-bond acceptors (Lipinski definition) is 1. The average molecular weight is 209 g/mol. The van der Waals surface area contributed by atoms with E-state index in [4.69, 9.17) is 11.6 Å². The molecule has 68 valence electrons. The molecule has 0 aliphatic heterocycles. The summed E-state index contributed by atoms with van der Waals surface area (Å²) in [4.78, 5) is 0. The van der Waals surface area contributed by atoms with Gasteiger partial charge in [-0.1, -0.05) is 43.4 Å². The summed E-state index contributed by atoms with van der Waals surface area (Å²) in [7, 11) is 0. The van der Waals surface area contributed by atoms with Gasteiger partial charge < -0.3 is 0 Å². The standard InChI is InChI=1S/C10H14ClS.Li/c1-2-3-4-5-6-9-7-8-12-10(9)11;/h7H,2-6H2,1H3;/q-1;+1. The Kier molecular flexibility index (Phi) is 8.30. The second-order valence-corrected chi connectivity index (χ2v) is 4.42. The Morgan fingerprint density at radius 1 is 1.38 bits per heavy atom. The summed E-state index contributed by atoms with van der Waals surface area (Å²) >= 11 is 7.45. The third-order valence-electron chi connectivity index (χ3n) is 1.93. The van der Waals surface area contributed by atoms with E-state index in [1.165, 1.54) is 42.6 Å². The zero-order chi connectivity index (χ0) is 8.81. The quantitative estimate of drug-likeness (QED) is 0.389. The van der Waals surface area contributed by atoms with Crippen molar-refractivity contribution in [3.8, 4) is 0 Å². The molecule has 1 rings (SSSR count). The molecule has 0 bridgehead atoms. The van der Waals surface area contributed by atoms with Gasteiger partial charge in [0, 0.05) is 0 Å². The van der Waals surface area contributed by atoms with Crippen molar-refractivity contribution in [2.24, 2.45) is 0 Å². The summed E-state index contributed by atoms with van der Waals surface area (Å²) in [6, 6.07) is 2.01. The Morgan fingerprint density at radius 2 is 2.15 bits per heavy atom. The molecular formula is C10H14ClLiS. The van der Waals surface area contributed by atoms with E-state index in [2.05, 4.69) is 12.3 Å². The molecule has 0 aliphatic carbocycles. The summed E-state index contributed by atoms with van der Waals surface area (Å²) in [6.45, 7) is 2.23. The van der Waals surface area contributed by atoms with E-state index >= 15 is 0 Å². The van der Waals surface area contributed by atoms with E-state index in [9.17, 15) is 0 Å². The van der Waals surface area contributed by atoms with Gasteiger partial charge in [0.15, 0.2) is 0 Å². The second-order valence-electron chi connectivity index (χ2n) is 2.97. The first kappa shape index (κ1) is 13.6. The molecule has 0 saturated carbocycles. The maximum atomic E-state index is 5.94. The van der Waals surface area contributed by atoms with Crippen LogP contribution in [0.25, 0.3) is 0 Å². The summed E-state index contributed by atoms with van der Waals surface area (Å²) in [5.74, 6) is 0. The number of hydrogen-bond donors (Lipinski definition) is 0. The molecule has 0 aliphatic rings. The van der Waals surface area contributed by atoms with E-state index in [0.717, 1.165) is 10.8 Å². The number of aryl methyl sites for hydroxylation is 1. The van der Waals surface area contributed by atoms with Crippen LogP contribution in [-0.4, -0.2) is 0 Å². The maximum absolute atomic E-state index is 5.94. The van der Waals surface area contributed by atoms with Gasteiger partial charge in [-0.25, -0.2) is 0 Å². The van der Waals surface area contributed by atoms with E-state index in [1.807, 2.05) is 6.07 Å². The molecule has 0 N–H and O–H groups in total. The minimum Gasteiger partial charge on any atom is -0.284 e. The molecule has 0 aromatic carbocycles. The van der Waals surface area contributed by atoms with Gasteiger partial charge >= 0.3 is 18.9 Å². The summed E-state index contributed by atoms with van der Waals surface area (Å²) in [6.07, 6.45) is 6.34. The molecule has 0 saturated heterocycles. The van der Waals surface area contributed by atoms with Gasteiger partial charge in [0.05, 0.1) is 0 Å². The molecule has 0 radical (unpaired) electrons. The molecule has 0 atom stereocenters. The molecule has 13 heavy (non-hydrogen) atoms. The second kappa shape index (κ2) is 7.94. The van der Waals surface area contributed by atoms with Gasteiger partial charge in [-0.15, -0.1) is 5.38 Å². The van der Waals surface area contributed by atoms with Gasteiger partial charge in [-0.2, -0.15) is 23.2 Å². The third-order valence-corrected chi connectivity index (χ3v) is 3.09. The fraction of sp³-hybridized carbons (Fsp3) is 0.600. The van der Waals surface area contributed by atoms with Crippen molar-refractivity contribution >= 4 is 22.9 Å². The first-order valence-electron chi connectivity index (χ1n) is 4.49. The molecule has 0 amide bonds. The Balaban J connectivity index is 0.00000144. The average Bonchev–Trinajstić information content (AvgIpc) is 2.46. The van der Waals surface area contributed by atoms with Crippen molar-refractivity contribution in [2.45, 2.75) is 39.0 Å². The van der Waals surface area contributed by atoms with Crippen molar-refractivity contribution in [1.82, 2.24) is 0 Å². The summed E-state index contributed by atoms with van der Waals surface area (Å²) < 4.78 is 0.923. The number of halogens is 1. The van der Waals surface area contributed by atoms with Crippen LogP contribution in [0.5, 0.6) is 0 Å². The van der Waals surface area contributed by atoms with E-state index in [1.54, 1.807) is 0 Å². The van der Waals surface area contributed by atoms with Crippen molar-refractivity contribution in [2.75, 3.05) is 0 Å². The van der Waals surface area contributed by atoms with E-state index in [-0.39, 0.29) is 18.9 Å². The van der Waals surface area contributed by atoms with Crippen LogP contribution in [0.1, 0.15) is 38.2 Å². The topological polar surface area (TPSA) is 0 Å². The molecule has 1 aromatic rings. The third kappa shape index (κ3) is 5.13. The molecule has 1 heterocycles. The Hall–Kier alpha value is 0.587. The largest absolute Gasteiger partial charge is 1.00 e. The zero-order valence-electron chi connectivity index (χ0n) is 8.40. The van der Waals surface area contributed by atoms with Crippen molar-refractivity contribution in [3.63, 3.8) is 0 Å². The molecule has 0 fully saturated rings. The Morgan fingerprint density at radius 3 is 2.69 bits per heavy atom. The van der Waals surface area contributed by atoms with Gasteiger partial charge in [0.25, 0.3) is 0 Å². The smallest absolute Gasteiger partial charge is 0.284 e. The van der Waals surface area contributed by atoms with Crippen molar-refractivity contribution in [3.05, 3.63) is 21.3 Å². The first-order valence-corrected chi connectivity index (χ1v) is 5.68. The minimum atomic E-state index is 0. The van der Waals surface area contributed by atoms with Crippen molar-refractivity contribution < 1.29 is 18.9 Å². The SMILES string of the molecule is CCCCCCc1c[c-]sc1Cl.[Li+]. The van der Waals surface area contributed by atoms with Crippen LogP contribution >= 0.6 is 22.9 Å². The van der Waals surface area contributed by atoms with Crippen molar-refractivity contribution in [1.29, 1.82) is 0 Å². The monoisotopic (exact) mass is 208 g/mol. The Labute approximate surface area is 102 Å². The Bertz CT molecular complexity index is 222. The predicted octanol–water partition coefficient (Wildman–Crippen LogP) is 1.33. The fourth-order valence-electron chi connectivity index (χ4n) is 1.19. The van der Waals surface area contributed by atoms with Crippen LogP contribution in [0, 0.1) is 5.38 Å². The zero-order valence-corrected chi connectivity index (χ0v) is 9.97.